The van der Waals surface area contributed by atoms with E-state index >= 15 is 0 Å². The number of benzene rings is 1. The van der Waals surface area contributed by atoms with Crippen LogP contribution in [0, 0.1) is 11.5 Å². The molecule has 30 heavy (non-hydrogen) atoms. The van der Waals surface area contributed by atoms with E-state index in [-0.39, 0.29) is 6.04 Å². The number of rotatable bonds is 4. The molecule has 0 amide bonds. The van der Waals surface area contributed by atoms with Gasteiger partial charge in [-0.05, 0) is 36.1 Å². The summed E-state index contributed by atoms with van der Waals surface area (Å²) in [5.41, 5.74) is 5.33. The van der Waals surface area contributed by atoms with Crippen LogP contribution < -0.4 is 15.5 Å². The molecule has 0 bridgehead atoms. The van der Waals surface area contributed by atoms with Gasteiger partial charge in [-0.1, -0.05) is 25.6 Å². The van der Waals surface area contributed by atoms with E-state index in [9.17, 15) is 0 Å². The maximum atomic E-state index is 4.67. The highest BCUT2D eigenvalue weighted by atomic mass is 28.3. The summed E-state index contributed by atoms with van der Waals surface area (Å²) >= 11 is 0. The van der Waals surface area contributed by atoms with Gasteiger partial charge in [0.1, 0.15) is 13.9 Å². The van der Waals surface area contributed by atoms with E-state index in [0.29, 0.717) is 5.95 Å². The van der Waals surface area contributed by atoms with Gasteiger partial charge in [-0.2, -0.15) is 0 Å². The third-order valence-electron chi connectivity index (χ3n) is 5.09. The minimum atomic E-state index is -1.40. The molecule has 1 fully saturated rings. The quantitative estimate of drug-likeness (QED) is 0.495. The lowest BCUT2D eigenvalue weighted by molar-refractivity contribution is 0.791. The molecule has 0 aliphatic carbocycles. The molecule has 4 rings (SSSR count). The summed E-state index contributed by atoms with van der Waals surface area (Å²) in [5.74, 6) is 4.89. The van der Waals surface area contributed by atoms with Gasteiger partial charge in [-0.3, -0.25) is 0 Å². The summed E-state index contributed by atoms with van der Waals surface area (Å²) in [7, 11) is 0.543. The Morgan fingerprint density at radius 2 is 1.90 bits per heavy atom. The van der Waals surface area contributed by atoms with E-state index in [1.54, 1.807) is 12.4 Å². The molecule has 1 saturated heterocycles. The second-order valence-electron chi connectivity index (χ2n) is 8.69. The molecule has 2 N–H and O–H groups in total. The maximum absolute atomic E-state index is 4.67. The van der Waals surface area contributed by atoms with Crippen molar-refractivity contribution in [1.82, 2.24) is 15.0 Å². The van der Waals surface area contributed by atoms with Crippen LogP contribution in [0.2, 0.25) is 19.6 Å². The largest absolute Gasteiger partial charge is 0.388 e. The SMILES string of the molecule is CNc1ccc2c(N3CC[C@@H](Nc4ncc(C#C[Si](C)(C)C)cn4)C3)nccc2c1. The van der Waals surface area contributed by atoms with Crippen molar-refractivity contribution in [3.05, 3.63) is 48.4 Å². The van der Waals surface area contributed by atoms with E-state index in [2.05, 4.69) is 85.9 Å². The zero-order valence-electron chi connectivity index (χ0n) is 18.0. The molecule has 154 valence electrons. The summed E-state index contributed by atoms with van der Waals surface area (Å²) in [5, 5.41) is 9.04. The number of anilines is 3. The number of hydrogen-bond acceptors (Lipinski definition) is 6. The van der Waals surface area contributed by atoms with Crippen LogP contribution in [0.1, 0.15) is 12.0 Å². The van der Waals surface area contributed by atoms with Gasteiger partial charge in [0.2, 0.25) is 5.95 Å². The number of pyridine rings is 1. The number of nitrogens with zero attached hydrogens (tertiary/aromatic N) is 4. The molecule has 3 heterocycles. The van der Waals surface area contributed by atoms with Crippen molar-refractivity contribution in [2.45, 2.75) is 32.1 Å². The third kappa shape index (κ3) is 4.71. The van der Waals surface area contributed by atoms with E-state index in [4.69, 9.17) is 0 Å². The first-order valence-corrected chi connectivity index (χ1v) is 13.8. The minimum absolute atomic E-state index is 0.289. The predicted octanol–water partition coefficient (Wildman–Crippen LogP) is 3.99. The van der Waals surface area contributed by atoms with Gasteiger partial charge >= 0.3 is 0 Å². The average Bonchev–Trinajstić information content (AvgIpc) is 3.20. The highest BCUT2D eigenvalue weighted by Crippen LogP contribution is 2.29. The van der Waals surface area contributed by atoms with Crippen molar-refractivity contribution in [3.8, 4) is 11.5 Å². The zero-order valence-corrected chi connectivity index (χ0v) is 19.0. The van der Waals surface area contributed by atoms with E-state index < -0.39 is 8.07 Å². The number of fused-ring (bicyclic) bond motifs is 1. The molecule has 0 saturated carbocycles. The van der Waals surface area contributed by atoms with Gasteiger partial charge in [-0.25, -0.2) is 15.0 Å². The molecule has 0 spiro atoms. The van der Waals surface area contributed by atoms with Gasteiger partial charge < -0.3 is 15.5 Å². The molecular weight excluding hydrogens is 388 g/mol. The Kier molecular flexibility index (Phi) is 5.60. The van der Waals surface area contributed by atoms with Crippen molar-refractivity contribution in [2.75, 3.05) is 35.7 Å². The molecule has 1 aliphatic heterocycles. The van der Waals surface area contributed by atoms with Gasteiger partial charge in [0.05, 0.1) is 5.56 Å². The smallest absolute Gasteiger partial charge is 0.222 e. The Hall–Kier alpha value is -3.11. The van der Waals surface area contributed by atoms with E-state index in [1.807, 2.05) is 13.2 Å². The first-order chi connectivity index (χ1) is 14.4. The molecule has 3 aromatic rings. The Morgan fingerprint density at radius 3 is 2.63 bits per heavy atom. The van der Waals surface area contributed by atoms with Crippen molar-refractivity contribution < 1.29 is 0 Å². The summed E-state index contributed by atoms with van der Waals surface area (Å²) in [4.78, 5) is 15.9. The topological polar surface area (TPSA) is 66.0 Å². The minimum Gasteiger partial charge on any atom is -0.388 e. The Balaban J connectivity index is 1.44. The lowest BCUT2D eigenvalue weighted by atomic mass is 10.1. The molecule has 7 heteroatoms. The summed E-state index contributed by atoms with van der Waals surface area (Å²) in [6.07, 6.45) is 6.52. The van der Waals surface area contributed by atoms with E-state index in [1.165, 1.54) is 10.8 Å². The number of aromatic nitrogens is 3. The zero-order chi connectivity index (χ0) is 21.1. The summed E-state index contributed by atoms with van der Waals surface area (Å²) < 4.78 is 0. The van der Waals surface area contributed by atoms with Crippen LogP contribution in [0.25, 0.3) is 10.8 Å². The van der Waals surface area contributed by atoms with Crippen molar-refractivity contribution in [3.63, 3.8) is 0 Å². The lowest BCUT2D eigenvalue weighted by Crippen LogP contribution is -2.27. The second-order valence-corrected chi connectivity index (χ2v) is 13.4. The van der Waals surface area contributed by atoms with Crippen LogP contribution in [0.15, 0.2) is 42.9 Å². The molecule has 6 nitrogen and oxygen atoms in total. The Bertz CT molecular complexity index is 1090. The van der Waals surface area contributed by atoms with Gasteiger partial charge in [0.15, 0.2) is 0 Å². The monoisotopic (exact) mass is 416 g/mol. The molecule has 2 aromatic heterocycles. The average molecular weight is 417 g/mol. The van der Waals surface area contributed by atoms with Crippen molar-refractivity contribution in [2.24, 2.45) is 0 Å². The summed E-state index contributed by atoms with van der Waals surface area (Å²) in [6.45, 7) is 8.52. The molecule has 1 atom stereocenters. The van der Waals surface area contributed by atoms with Crippen LogP contribution in [0.3, 0.4) is 0 Å². The van der Waals surface area contributed by atoms with Gasteiger partial charge in [0, 0.05) is 55.8 Å². The molecular formula is C23H28N6Si. The van der Waals surface area contributed by atoms with Crippen LogP contribution in [-0.4, -0.2) is 49.2 Å². The molecule has 1 aromatic carbocycles. The lowest BCUT2D eigenvalue weighted by Gasteiger charge is -2.20. The van der Waals surface area contributed by atoms with Crippen LogP contribution in [-0.2, 0) is 0 Å². The van der Waals surface area contributed by atoms with E-state index in [0.717, 1.165) is 36.6 Å². The fraction of sp³-hybridized carbons (Fsp3) is 0.348. The molecule has 0 unspecified atom stereocenters. The highest BCUT2D eigenvalue weighted by Gasteiger charge is 2.25. The fourth-order valence-corrected chi connectivity index (χ4v) is 4.07. The van der Waals surface area contributed by atoms with Crippen molar-refractivity contribution in [1.29, 1.82) is 0 Å². The standard InChI is InChI=1S/C23H28N6Si/c1-24-19-5-6-21-18(13-19)7-10-25-22(21)29-11-8-20(16-29)28-23-26-14-17(15-27-23)9-12-30(2,3)4/h5-7,10,13-15,20,24H,8,11,16H2,1-4H3,(H,26,27,28)/t20-/m1/s1. The summed E-state index contributed by atoms with van der Waals surface area (Å²) in [6, 6.07) is 8.75. The molecule has 1 aliphatic rings. The normalized spacial score (nSPS) is 16.3. The van der Waals surface area contributed by atoms with Crippen LogP contribution in [0.5, 0.6) is 0 Å². The van der Waals surface area contributed by atoms with Crippen LogP contribution in [0.4, 0.5) is 17.5 Å². The Labute approximate surface area is 179 Å². The predicted molar refractivity (Wildman–Crippen MR) is 128 cm³/mol. The Morgan fingerprint density at radius 1 is 1.10 bits per heavy atom. The number of nitrogens with one attached hydrogen (secondary N) is 2. The van der Waals surface area contributed by atoms with Crippen molar-refractivity contribution >= 4 is 36.3 Å². The van der Waals surface area contributed by atoms with Crippen LogP contribution >= 0.6 is 0 Å². The number of hydrogen-bond donors (Lipinski definition) is 2. The maximum Gasteiger partial charge on any atom is 0.222 e. The first-order valence-electron chi connectivity index (χ1n) is 10.3. The molecule has 0 radical (unpaired) electrons. The second kappa shape index (κ2) is 8.32. The van der Waals surface area contributed by atoms with Gasteiger partial charge in [0.25, 0.3) is 0 Å². The fourth-order valence-electron chi connectivity index (χ4n) is 3.55. The highest BCUT2D eigenvalue weighted by molar-refractivity contribution is 6.83. The first kappa shape index (κ1) is 20.2. The van der Waals surface area contributed by atoms with Gasteiger partial charge in [-0.15, -0.1) is 5.54 Å². The third-order valence-corrected chi connectivity index (χ3v) is 5.96.